The van der Waals surface area contributed by atoms with Crippen LogP contribution in [-0.2, 0) is 22.6 Å². The third kappa shape index (κ3) is 6.59. The van der Waals surface area contributed by atoms with Gasteiger partial charge in [0.1, 0.15) is 12.6 Å². The summed E-state index contributed by atoms with van der Waals surface area (Å²) in [5.41, 5.74) is 2.85. The van der Waals surface area contributed by atoms with E-state index >= 15 is 0 Å². The van der Waals surface area contributed by atoms with Crippen molar-refractivity contribution in [2.75, 3.05) is 5.32 Å². The van der Waals surface area contributed by atoms with Crippen LogP contribution in [0.2, 0.25) is 0 Å². The molecule has 0 bridgehead atoms. The summed E-state index contributed by atoms with van der Waals surface area (Å²) >= 11 is 0. The molecule has 2 N–H and O–H groups in total. The molecule has 0 aliphatic rings. The van der Waals surface area contributed by atoms with Crippen molar-refractivity contribution < 1.29 is 14.3 Å². The number of benzene rings is 2. The Hall–Kier alpha value is -2.82. The molecule has 0 spiro atoms. The Balaban J connectivity index is 1.76. The first kappa shape index (κ1) is 19.5. The summed E-state index contributed by atoms with van der Waals surface area (Å²) < 4.78 is 5.12. The molecule has 5 heteroatoms. The summed E-state index contributed by atoms with van der Waals surface area (Å²) in [7, 11) is 0. The zero-order valence-corrected chi connectivity index (χ0v) is 15.3. The molecular formula is C21H26N2O3. The van der Waals surface area contributed by atoms with Crippen LogP contribution in [0.15, 0.2) is 54.6 Å². The van der Waals surface area contributed by atoms with Gasteiger partial charge in [-0.05, 0) is 43.0 Å². The minimum Gasteiger partial charge on any atom is -0.445 e. The summed E-state index contributed by atoms with van der Waals surface area (Å²) in [6.07, 6.45) is 2.72. The molecule has 0 unspecified atom stereocenters. The molecular weight excluding hydrogens is 328 g/mol. The second-order valence-electron chi connectivity index (χ2n) is 6.22. The maximum Gasteiger partial charge on any atom is 0.408 e. The smallest absolute Gasteiger partial charge is 0.408 e. The average molecular weight is 354 g/mol. The first-order valence-electron chi connectivity index (χ1n) is 8.95. The molecule has 138 valence electrons. The molecule has 2 rings (SSSR count). The Morgan fingerprint density at radius 2 is 1.69 bits per heavy atom. The van der Waals surface area contributed by atoms with Gasteiger partial charge in [0.15, 0.2) is 0 Å². The number of carbonyl (C=O) groups is 2. The third-order valence-electron chi connectivity index (χ3n) is 3.98. The zero-order chi connectivity index (χ0) is 18.8. The maximum absolute atomic E-state index is 12.2. The van der Waals surface area contributed by atoms with Crippen molar-refractivity contribution in [1.82, 2.24) is 5.32 Å². The third-order valence-corrected chi connectivity index (χ3v) is 3.98. The summed E-state index contributed by atoms with van der Waals surface area (Å²) in [6.45, 7) is 3.95. The van der Waals surface area contributed by atoms with Gasteiger partial charge in [-0.2, -0.15) is 0 Å². The Bertz CT molecular complexity index is 699. The molecule has 26 heavy (non-hydrogen) atoms. The van der Waals surface area contributed by atoms with Gasteiger partial charge in [-0.3, -0.25) is 4.79 Å². The molecule has 0 aliphatic heterocycles. The van der Waals surface area contributed by atoms with Gasteiger partial charge < -0.3 is 15.4 Å². The molecule has 5 nitrogen and oxygen atoms in total. The van der Waals surface area contributed by atoms with E-state index in [0.717, 1.165) is 24.8 Å². The highest BCUT2D eigenvalue weighted by molar-refractivity contribution is 5.96. The highest BCUT2D eigenvalue weighted by Gasteiger charge is 2.16. The predicted octanol–water partition coefficient (Wildman–Crippen LogP) is 4.28. The normalized spacial score (nSPS) is 11.5. The SMILES string of the molecule is CCCCc1ccc(NC(=O)[C@H](C)NC(=O)OCc2ccccc2)cc1. The van der Waals surface area contributed by atoms with Crippen molar-refractivity contribution in [3.8, 4) is 0 Å². The van der Waals surface area contributed by atoms with Crippen LogP contribution in [0.1, 0.15) is 37.8 Å². The summed E-state index contributed by atoms with van der Waals surface area (Å²) in [6, 6.07) is 16.5. The quantitative estimate of drug-likeness (QED) is 0.743. The Morgan fingerprint density at radius 1 is 1.00 bits per heavy atom. The van der Waals surface area contributed by atoms with Gasteiger partial charge in [0.25, 0.3) is 0 Å². The lowest BCUT2D eigenvalue weighted by atomic mass is 10.1. The van der Waals surface area contributed by atoms with Gasteiger partial charge in [0, 0.05) is 5.69 Å². The molecule has 0 heterocycles. The number of nitrogens with one attached hydrogen (secondary N) is 2. The molecule has 0 fully saturated rings. The number of amides is 2. The maximum atomic E-state index is 12.2. The van der Waals surface area contributed by atoms with Crippen LogP contribution in [0, 0.1) is 0 Å². The lowest BCUT2D eigenvalue weighted by Crippen LogP contribution is -2.41. The second kappa shape index (κ2) is 10.2. The molecule has 2 amide bonds. The highest BCUT2D eigenvalue weighted by atomic mass is 16.5. The Morgan fingerprint density at radius 3 is 2.35 bits per heavy atom. The van der Waals surface area contributed by atoms with E-state index in [9.17, 15) is 9.59 Å². The van der Waals surface area contributed by atoms with Crippen molar-refractivity contribution >= 4 is 17.7 Å². The molecule has 2 aromatic carbocycles. The van der Waals surface area contributed by atoms with E-state index in [2.05, 4.69) is 17.6 Å². The number of rotatable bonds is 8. The van der Waals surface area contributed by atoms with E-state index in [0.29, 0.717) is 5.69 Å². The van der Waals surface area contributed by atoms with Gasteiger partial charge in [-0.15, -0.1) is 0 Å². The Labute approximate surface area is 154 Å². The molecule has 0 radical (unpaired) electrons. The lowest BCUT2D eigenvalue weighted by Gasteiger charge is -2.14. The molecule has 2 aromatic rings. The number of carbonyl (C=O) groups excluding carboxylic acids is 2. The molecule has 0 saturated heterocycles. The van der Waals surface area contributed by atoms with Crippen molar-refractivity contribution in [1.29, 1.82) is 0 Å². The fourth-order valence-corrected chi connectivity index (χ4v) is 2.39. The fourth-order valence-electron chi connectivity index (χ4n) is 2.39. The predicted molar refractivity (Wildman–Crippen MR) is 103 cm³/mol. The summed E-state index contributed by atoms with van der Waals surface area (Å²) in [5.74, 6) is -0.289. The van der Waals surface area contributed by atoms with Crippen molar-refractivity contribution in [2.45, 2.75) is 45.8 Å². The lowest BCUT2D eigenvalue weighted by molar-refractivity contribution is -0.117. The van der Waals surface area contributed by atoms with Gasteiger partial charge in [-0.1, -0.05) is 55.8 Å². The fraction of sp³-hybridized carbons (Fsp3) is 0.333. The van der Waals surface area contributed by atoms with Gasteiger partial charge in [-0.25, -0.2) is 4.79 Å². The van der Waals surface area contributed by atoms with Gasteiger partial charge in [0.2, 0.25) is 5.91 Å². The number of unbranched alkanes of at least 4 members (excludes halogenated alkanes) is 1. The van der Waals surface area contributed by atoms with Crippen molar-refractivity contribution in [2.24, 2.45) is 0 Å². The first-order valence-corrected chi connectivity index (χ1v) is 8.95. The summed E-state index contributed by atoms with van der Waals surface area (Å²) in [5, 5.41) is 5.33. The minimum absolute atomic E-state index is 0.167. The van der Waals surface area contributed by atoms with E-state index in [-0.39, 0.29) is 12.5 Å². The molecule has 0 aromatic heterocycles. The topological polar surface area (TPSA) is 67.4 Å². The zero-order valence-electron chi connectivity index (χ0n) is 15.3. The van der Waals surface area contributed by atoms with Crippen molar-refractivity contribution in [3.63, 3.8) is 0 Å². The van der Waals surface area contributed by atoms with E-state index in [1.165, 1.54) is 5.56 Å². The average Bonchev–Trinajstić information content (AvgIpc) is 2.66. The number of hydrogen-bond donors (Lipinski definition) is 2. The summed E-state index contributed by atoms with van der Waals surface area (Å²) in [4.78, 5) is 24.0. The van der Waals surface area contributed by atoms with Crippen LogP contribution < -0.4 is 10.6 Å². The molecule has 0 saturated carbocycles. The number of ether oxygens (including phenoxy) is 1. The van der Waals surface area contributed by atoms with Crippen LogP contribution in [0.5, 0.6) is 0 Å². The highest BCUT2D eigenvalue weighted by Crippen LogP contribution is 2.12. The van der Waals surface area contributed by atoms with Crippen LogP contribution in [0.4, 0.5) is 10.5 Å². The standard InChI is InChI=1S/C21H26N2O3/c1-3-4-8-17-11-13-19(14-12-17)23-20(24)16(2)22-21(25)26-15-18-9-6-5-7-10-18/h5-7,9-14,16H,3-4,8,15H2,1-2H3,(H,22,25)(H,23,24)/t16-/m0/s1. The first-order chi connectivity index (χ1) is 12.6. The van der Waals surface area contributed by atoms with Gasteiger partial charge in [0.05, 0.1) is 0 Å². The van der Waals surface area contributed by atoms with E-state index < -0.39 is 12.1 Å². The van der Waals surface area contributed by atoms with E-state index in [4.69, 9.17) is 4.74 Å². The number of hydrogen-bond acceptors (Lipinski definition) is 3. The minimum atomic E-state index is -0.696. The van der Waals surface area contributed by atoms with Crippen LogP contribution >= 0.6 is 0 Å². The second-order valence-corrected chi connectivity index (χ2v) is 6.22. The monoisotopic (exact) mass is 354 g/mol. The molecule has 1 atom stereocenters. The Kier molecular flexibility index (Phi) is 7.68. The van der Waals surface area contributed by atoms with E-state index in [1.807, 2.05) is 54.6 Å². The van der Waals surface area contributed by atoms with E-state index in [1.54, 1.807) is 6.92 Å². The molecule has 0 aliphatic carbocycles. The van der Waals surface area contributed by atoms with Crippen LogP contribution in [-0.4, -0.2) is 18.0 Å². The van der Waals surface area contributed by atoms with Crippen LogP contribution in [0.3, 0.4) is 0 Å². The van der Waals surface area contributed by atoms with Crippen LogP contribution in [0.25, 0.3) is 0 Å². The largest absolute Gasteiger partial charge is 0.445 e. The number of aryl methyl sites for hydroxylation is 1. The van der Waals surface area contributed by atoms with Crippen molar-refractivity contribution in [3.05, 3.63) is 65.7 Å². The number of alkyl carbamates (subject to hydrolysis) is 1. The number of anilines is 1. The van der Waals surface area contributed by atoms with Gasteiger partial charge >= 0.3 is 6.09 Å².